The average molecular weight is 356 g/mol. The Hall–Kier alpha value is -1.63. The monoisotopic (exact) mass is 355 g/mol. The van der Waals surface area contributed by atoms with Crippen LogP contribution in [-0.4, -0.2) is 41.6 Å². The third-order valence-electron chi connectivity index (χ3n) is 3.30. The summed E-state index contributed by atoms with van der Waals surface area (Å²) < 4.78 is 5.83. The van der Waals surface area contributed by atoms with E-state index in [-0.39, 0.29) is 17.9 Å². The van der Waals surface area contributed by atoms with Crippen LogP contribution in [0.2, 0.25) is 0 Å². The number of rotatable bonds is 3. The smallest absolute Gasteiger partial charge is 0.409 e. The second-order valence-electron chi connectivity index (χ2n) is 4.83. The van der Waals surface area contributed by atoms with E-state index in [0.717, 1.165) is 17.3 Å². The first kappa shape index (κ1) is 15.8. The Labute approximate surface area is 132 Å². The zero-order valence-corrected chi connectivity index (χ0v) is 13.4. The van der Waals surface area contributed by atoms with Crippen molar-refractivity contribution in [3.63, 3.8) is 0 Å². The van der Waals surface area contributed by atoms with Gasteiger partial charge in [0.05, 0.1) is 12.5 Å². The molecule has 1 aromatic rings. The van der Waals surface area contributed by atoms with E-state index in [4.69, 9.17) is 4.74 Å². The van der Waals surface area contributed by atoms with E-state index in [1.54, 1.807) is 24.1 Å². The standard InChI is InChI=1S/C14H18BrN3O3/c1-2-21-14(20)18-7-3-4-10(9-18)13(19)17-12-6-5-11(15)8-16-12/h5-6,8,10H,2-4,7,9H2,1H3,(H,16,17,19). The Morgan fingerprint density at radius 2 is 2.33 bits per heavy atom. The maximum absolute atomic E-state index is 12.2. The van der Waals surface area contributed by atoms with Crippen molar-refractivity contribution in [1.29, 1.82) is 0 Å². The number of pyridine rings is 1. The van der Waals surface area contributed by atoms with E-state index < -0.39 is 0 Å². The molecule has 2 rings (SSSR count). The molecular formula is C14H18BrN3O3. The Bertz CT molecular complexity index is 507. The van der Waals surface area contributed by atoms with Crippen molar-refractivity contribution >= 4 is 33.7 Å². The molecule has 1 unspecified atom stereocenters. The van der Waals surface area contributed by atoms with E-state index >= 15 is 0 Å². The van der Waals surface area contributed by atoms with Gasteiger partial charge in [0, 0.05) is 23.8 Å². The first-order valence-corrected chi connectivity index (χ1v) is 7.73. The number of nitrogens with zero attached hydrogens (tertiary/aromatic N) is 2. The minimum atomic E-state index is -0.350. The second kappa shape index (κ2) is 7.40. The van der Waals surface area contributed by atoms with Gasteiger partial charge in [0.15, 0.2) is 0 Å². The second-order valence-corrected chi connectivity index (χ2v) is 5.75. The van der Waals surface area contributed by atoms with E-state index in [0.29, 0.717) is 25.5 Å². The first-order chi connectivity index (χ1) is 10.1. The molecule has 2 amide bonds. The zero-order valence-electron chi connectivity index (χ0n) is 11.8. The zero-order chi connectivity index (χ0) is 15.2. The number of carbonyl (C=O) groups excluding carboxylic acids is 2. The number of ether oxygens (including phenoxy) is 1. The third-order valence-corrected chi connectivity index (χ3v) is 3.77. The Kier molecular flexibility index (Phi) is 5.55. The lowest BCUT2D eigenvalue weighted by atomic mass is 9.97. The SMILES string of the molecule is CCOC(=O)N1CCCC(C(=O)Nc2ccc(Br)cn2)C1. The van der Waals surface area contributed by atoms with E-state index in [1.807, 2.05) is 6.07 Å². The number of amides is 2. The predicted octanol–water partition coefficient (Wildman–Crippen LogP) is 2.65. The number of nitrogens with one attached hydrogen (secondary N) is 1. The topological polar surface area (TPSA) is 71.5 Å². The van der Waals surface area contributed by atoms with Crippen molar-refractivity contribution in [3.05, 3.63) is 22.8 Å². The molecule has 1 fully saturated rings. The summed E-state index contributed by atoms with van der Waals surface area (Å²) in [6, 6.07) is 3.54. The van der Waals surface area contributed by atoms with E-state index in [1.165, 1.54) is 0 Å². The molecule has 21 heavy (non-hydrogen) atoms. The quantitative estimate of drug-likeness (QED) is 0.904. The van der Waals surface area contributed by atoms with E-state index in [9.17, 15) is 9.59 Å². The number of anilines is 1. The lowest BCUT2D eigenvalue weighted by Gasteiger charge is -2.31. The van der Waals surface area contributed by atoms with Crippen LogP contribution in [0.3, 0.4) is 0 Å². The highest BCUT2D eigenvalue weighted by molar-refractivity contribution is 9.10. The van der Waals surface area contributed by atoms with Gasteiger partial charge in [-0.15, -0.1) is 0 Å². The van der Waals surface area contributed by atoms with Gasteiger partial charge in [-0.3, -0.25) is 4.79 Å². The van der Waals surface area contributed by atoms with Crippen LogP contribution in [0.25, 0.3) is 0 Å². The lowest BCUT2D eigenvalue weighted by Crippen LogP contribution is -2.44. The Morgan fingerprint density at radius 3 is 3.00 bits per heavy atom. The van der Waals surface area contributed by atoms with Crippen molar-refractivity contribution < 1.29 is 14.3 Å². The third kappa shape index (κ3) is 4.42. The summed E-state index contributed by atoms with van der Waals surface area (Å²) in [6.45, 7) is 3.14. The van der Waals surface area contributed by atoms with Crippen LogP contribution >= 0.6 is 15.9 Å². The highest BCUT2D eigenvalue weighted by Gasteiger charge is 2.29. The van der Waals surface area contributed by atoms with Crippen LogP contribution < -0.4 is 5.32 Å². The maximum atomic E-state index is 12.2. The van der Waals surface area contributed by atoms with Gasteiger partial charge < -0.3 is 15.0 Å². The van der Waals surface area contributed by atoms with Crippen molar-refractivity contribution in [2.45, 2.75) is 19.8 Å². The summed E-state index contributed by atoms with van der Waals surface area (Å²) in [4.78, 5) is 29.7. The molecule has 0 aliphatic carbocycles. The maximum Gasteiger partial charge on any atom is 0.409 e. The summed E-state index contributed by atoms with van der Waals surface area (Å²) in [5, 5.41) is 2.78. The van der Waals surface area contributed by atoms with Gasteiger partial charge in [0.25, 0.3) is 0 Å². The van der Waals surface area contributed by atoms with Gasteiger partial charge in [-0.2, -0.15) is 0 Å². The van der Waals surface area contributed by atoms with Gasteiger partial charge in [0.2, 0.25) is 5.91 Å². The van der Waals surface area contributed by atoms with Crippen LogP contribution in [0.4, 0.5) is 10.6 Å². The van der Waals surface area contributed by atoms with Gasteiger partial charge in [-0.25, -0.2) is 9.78 Å². The van der Waals surface area contributed by atoms with Gasteiger partial charge in [-0.05, 0) is 47.8 Å². The van der Waals surface area contributed by atoms with Crippen LogP contribution in [0.5, 0.6) is 0 Å². The molecule has 0 saturated carbocycles. The molecule has 1 atom stereocenters. The fourth-order valence-corrected chi connectivity index (χ4v) is 2.48. The van der Waals surface area contributed by atoms with Gasteiger partial charge >= 0.3 is 6.09 Å². The van der Waals surface area contributed by atoms with Crippen molar-refractivity contribution in [2.24, 2.45) is 5.92 Å². The van der Waals surface area contributed by atoms with Crippen LogP contribution in [0.15, 0.2) is 22.8 Å². The molecule has 1 aliphatic rings. The number of halogens is 1. The molecule has 1 N–H and O–H groups in total. The van der Waals surface area contributed by atoms with Crippen molar-refractivity contribution in [3.8, 4) is 0 Å². The molecule has 0 radical (unpaired) electrons. The highest BCUT2D eigenvalue weighted by Crippen LogP contribution is 2.19. The fraction of sp³-hybridized carbons (Fsp3) is 0.500. The average Bonchev–Trinajstić information content (AvgIpc) is 2.50. The van der Waals surface area contributed by atoms with Gasteiger partial charge in [0.1, 0.15) is 5.82 Å². The molecule has 1 aliphatic heterocycles. The van der Waals surface area contributed by atoms with Crippen LogP contribution in [0.1, 0.15) is 19.8 Å². The van der Waals surface area contributed by atoms with Crippen molar-refractivity contribution in [2.75, 3.05) is 25.0 Å². The molecule has 6 nitrogen and oxygen atoms in total. The minimum absolute atomic E-state index is 0.112. The summed E-state index contributed by atoms with van der Waals surface area (Å²) >= 11 is 3.29. The van der Waals surface area contributed by atoms with Gasteiger partial charge in [-0.1, -0.05) is 0 Å². The molecule has 7 heteroatoms. The normalized spacial score (nSPS) is 18.2. The molecule has 1 saturated heterocycles. The predicted molar refractivity (Wildman–Crippen MR) is 81.9 cm³/mol. The van der Waals surface area contributed by atoms with Crippen LogP contribution in [-0.2, 0) is 9.53 Å². The largest absolute Gasteiger partial charge is 0.450 e. The molecule has 114 valence electrons. The Morgan fingerprint density at radius 1 is 1.52 bits per heavy atom. The summed E-state index contributed by atoms with van der Waals surface area (Å²) in [5.41, 5.74) is 0. The number of likely N-dealkylation sites (tertiary alicyclic amines) is 1. The lowest BCUT2D eigenvalue weighted by molar-refractivity contribution is -0.121. The molecule has 0 aromatic carbocycles. The number of carbonyl (C=O) groups is 2. The number of hydrogen-bond acceptors (Lipinski definition) is 4. The number of piperidine rings is 1. The molecular weight excluding hydrogens is 338 g/mol. The summed E-state index contributed by atoms with van der Waals surface area (Å²) in [5.74, 6) is 0.170. The molecule has 1 aromatic heterocycles. The van der Waals surface area contributed by atoms with Crippen LogP contribution in [0, 0.1) is 5.92 Å². The molecule has 0 spiro atoms. The van der Waals surface area contributed by atoms with E-state index in [2.05, 4.69) is 26.2 Å². The Balaban J connectivity index is 1.92. The molecule has 0 bridgehead atoms. The minimum Gasteiger partial charge on any atom is -0.450 e. The summed E-state index contributed by atoms with van der Waals surface area (Å²) in [7, 11) is 0. The summed E-state index contributed by atoms with van der Waals surface area (Å²) in [6.07, 6.45) is 2.83. The number of aromatic nitrogens is 1. The fourth-order valence-electron chi connectivity index (χ4n) is 2.25. The molecule has 2 heterocycles. The highest BCUT2D eigenvalue weighted by atomic mass is 79.9. The number of hydrogen-bond donors (Lipinski definition) is 1. The first-order valence-electron chi connectivity index (χ1n) is 6.94. The van der Waals surface area contributed by atoms with Crippen molar-refractivity contribution in [1.82, 2.24) is 9.88 Å².